The molecule has 4 aromatic rings. The van der Waals surface area contributed by atoms with Crippen molar-refractivity contribution in [2.75, 3.05) is 7.11 Å². The van der Waals surface area contributed by atoms with Gasteiger partial charge in [0, 0.05) is 27.4 Å². The van der Waals surface area contributed by atoms with Gasteiger partial charge in [-0.2, -0.15) is 0 Å². The fourth-order valence-electron chi connectivity index (χ4n) is 3.06. The maximum Gasteiger partial charge on any atom is 0.269 e. The number of methoxy groups -OCH3 is 1. The summed E-state index contributed by atoms with van der Waals surface area (Å²) in [6.45, 7) is 0.439. The van der Waals surface area contributed by atoms with E-state index in [1.807, 2.05) is 72.8 Å². The van der Waals surface area contributed by atoms with Gasteiger partial charge >= 0.3 is 0 Å². The van der Waals surface area contributed by atoms with E-state index >= 15 is 0 Å². The molecular formula is C23H19BrN2O2S. The number of aromatic nitrogens is 1. The second kappa shape index (κ2) is 8.76. The van der Waals surface area contributed by atoms with Gasteiger partial charge in [0.05, 0.1) is 17.5 Å². The number of H-pyrrole nitrogens is 1. The van der Waals surface area contributed by atoms with Crippen molar-refractivity contribution in [3.05, 3.63) is 88.5 Å². The molecule has 0 saturated heterocycles. The fraction of sp³-hybridized carbons (Fsp3) is 0.0870. The van der Waals surface area contributed by atoms with Crippen molar-refractivity contribution in [2.45, 2.75) is 16.3 Å². The van der Waals surface area contributed by atoms with Crippen LogP contribution in [-0.2, 0) is 6.54 Å². The number of aromatic amines is 1. The Labute approximate surface area is 181 Å². The molecule has 29 heavy (non-hydrogen) atoms. The molecule has 0 aliphatic rings. The highest BCUT2D eigenvalue weighted by Crippen LogP contribution is 2.37. The number of hydrogen-bond donors (Lipinski definition) is 2. The largest absolute Gasteiger partial charge is 0.497 e. The van der Waals surface area contributed by atoms with Crippen molar-refractivity contribution in [2.24, 2.45) is 0 Å². The summed E-state index contributed by atoms with van der Waals surface area (Å²) in [5, 5.41) is 4.02. The first-order valence-electron chi connectivity index (χ1n) is 9.10. The zero-order valence-corrected chi connectivity index (χ0v) is 18.1. The number of amides is 1. The second-order valence-corrected chi connectivity index (χ2v) is 8.37. The minimum atomic E-state index is -0.144. The Kier molecular flexibility index (Phi) is 5.92. The fourth-order valence-corrected chi connectivity index (χ4v) is 4.54. The summed E-state index contributed by atoms with van der Waals surface area (Å²) in [5.74, 6) is 0.601. The van der Waals surface area contributed by atoms with Crippen molar-refractivity contribution in [1.29, 1.82) is 0 Å². The average Bonchev–Trinajstić information content (AvgIpc) is 3.11. The van der Waals surface area contributed by atoms with Crippen LogP contribution in [0.25, 0.3) is 10.9 Å². The number of ether oxygens (including phenoxy) is 1. The zero-order chi connectivity index (χ0) is 20.2. The van der Waals surface area contributed by atoms with E-state index in [1.165, 1.54) is 0 Å². The molecule has 0 radical (unpaired) electrons. The van der Waals surface area contributed by atoms with Crippen LogP contribution >= 0.6 is 27.7 Å². The highest BCUT2D eigenvalue weighted by molar-refractivity contribution is 9.10. The summed E-state index contributed by atoms with van der Waals surface area (Å²) < 4.78 is 6.31. The number of nitrogens with one attached hydrogen (secondary N) is 2. The zero-order valence-electron chi connectivity index (χ0n) is 15.7. The van der Waals surface area contributed by atoms with Gasteiger partial charge in [-0.1, -0.05) is 64.1 Å². The van der Waals surface area contributed by atoms with E-state index < -0.39 is 0 Å². The van der Waals surface area contributed by atoms with Gasteiger partial charge in [-0.25, -0.2) is 0 Å². The summed E-state index contributed by atoms with van der Waals surface area (Å²) >= 11 is 5.10. The average molecular weight is 467 g/mol. The van der Waals surface area contributed by atoms with E-state index in [0.29, 0.717) is 12.2 Å². The molecule has 1 heterocycles. The van der Waals surface area contributed by atoms with E-state index in [9.17, 15) is 4.79 Å². The van der Waals surface area contributed by atoms with Crippen molar-refractivity contribution in [3.8, 4) is 5.75 Å². The molecule has 0 saturated carbocycles. The quantitative estimate of drug-likeness (QED) is 0.365. The minimum Gasteiger partial charge on any atom is -0.497 e. The molecule has 0 unspecified atom stereocenters. The lowest BCUT2D eigenvalue weighted by Crippen LogP contribution is -2.23. The third-order valence-electron chi connectivity index (χ3n) is 4.55. The van der Waals surface area contributed by atoms with Crippen molar-refractivity contribution < 1.29 is 9.53 Å². The Morgan fingerprint density at radius 2 is 1.83 bits per heavy atom. The molecule has 0 spiro atoms. The van der Waals surface area contributed by atoms with Crippen LogP contribution in [0.2, 0.25) is 0 Å². The highest BCUT2D eigenvalue weighted by atomic mass is 79.9. The van der Waals surface area contributed by atoms with Gasteiger partial charge in [-0.05, 0) is 35.9 Å². The molecule has 0 aliphatic heterocycles. The molecule has 1 aromatic heterocycles. The summed E-state index contributed by atoms with van der Waals surface area (Å²) in [4.78, 5) is 18.3. The minimum absolute atomic E-state index is 0.144. The van der Waals surface area contributed by atoms with Crippen LogP contribution in [0.4, 0.5) is 0 Å². The van der Waals surface area contributed by atoms with Gasteiger partial charge in [-0.3, -0.25) is 4.79 Å². The summed E-state index contributed by atoms with van der Waals surface area (Å²) in [5.41, 5.74) is 2.44. The van der Waals surface area contributed by atoms with Gasteiger partial charge in [0.15, 0.2) is 0 Å². The van der Waals surface area contributed by atoms with Crippen LogP contribution in [-0.4, -0.2) is 18.0 Å². The van der Waals surface area contributed by atoms with Crippen LogP contribution in [0.15, 0.2) is 87.1 Å². The molecule has 2 N–H and O–H groups in total. The lowest BCUT2D eigenvalue weighted by molar-refractivity contribution is 0.0943. The lowest BCUT2D eigenvalue weighted by atomic mass is 10.2. The summed E-state index contributed by atoms with van der Waals surface area (Å²) in [6, 6.07) is 23.7. The molecule has 0 aliphatic carbocycles. The van der Waals surface area contributed by atoms with Gasteiger partial charge in [0.2, 0.25) is 0 Å². The first-order valence-corrected chi connectivity index (χ1v) is 10.7. The Balaban J connectivity index is 1.68. The number of carbonyl (C=O) groups is 1. The number of fused-ring (bicyclic) bond motifs is 1. The SMILES string of the molecule is COc1ccc2c(Sc3ccccc3)c(C(=O)NCc3ccccc3Br)[nH]c2c1. The van der Waals surface area contributed by atoms with Crippen LogP contribution in [0.3, 0.4) is 0 Å². The van der Waals surface area contributed by atoms with E-state index in [4.69, 9.17) is 4.74 Å². The molecule has 3 aromatic carbocycles. The molecule has 0 bridgehead atoms. The molecule has 6 heteroatoms. The van der Waals surface area contributed by atoms with Crippen LogP contribution in [0.1, 0.15) is 16.1 Å². The first-order chi connectivity index (χ1) is 14.2. The Morgan fingerprint density at radius 1 is 1.07 bits per heavy atom. The molecule has 4 nitrogen and oxygen atoms in total. The Morgan fingerprint density at radius 3 is 2.59 bits per heavy atom. The van der Waals surface area contributed by atoms with Crippen LogP contribution < -0.4 is 10.1 Å². The number of rotatable bonds is 6. The maximum absolute atomic E-state index is 13.1. The monoisotopic (exact) mass is 466 g/mol. The standard InChI is InChI=1S/C23H19BrN2O2S/c1-28-16-11-12-18-20(13-16)26-21(22(18)29-17-8-3-2-4-9-17)23(27)25-14-15-7-5-6-10-19(15)24/h2-13,26H,14H2,1H3,(H,25,27). The molecule has 146 valence electrons. The Bertz CT molecular complexity index is 1160. The number of hydrogen-bond acceptors (Lipinski definition) is 3. The number of halogens is 1. The number of carbonyl (C=O) groups excluding carboxylic acids is 1. The van der Waals surface area contributed by atoms with Crippen molar-refractivity contribution in [3.63, 3.8) is 0 Å². The number of benzene rings is 3. The van der Waals surface area contributed by atoms with Gasteiger partial charge in [-0.15, -0.1) is 0 Å². The maximum atomic E-state index is 13.1. The molecule has 0 atom stereocenters. The van der Waals surface area contributed by atoms with Crippen molar-refractivity contribution in [1.82, 2.24) is 10.3 Å². The second-order valence-electron chi connectivity index (χ2n) is 6.43. The van der Waals surface area contributed by atoms with E-state index in [-0.39, 0.29) is 5.91 Å². The summed E-state index contributed by atoms with van der Waals surface area (Å²) in [7, 11) is 1.63. The third kappa shape index (κ3) is 4.33. The van der Waals surface area contributed by atoms with Crippen LogP contribution in [0, 0.1) is 0 Å². The Hall–Kier alpha value is -2.70. The first kappa shape index (κ1) is 19.6. The van der Waals surface area contributed by atoms with E-state index in [2.05, 4.69) is 26.2 Å². The smallest absolute Gasteiger partial charge is 0.269 e. The predicted molar refractivity (Wildman–Crippen MR) is 121 cm³/mol. The van der Waals surface area contributed by atoms with E-state index in [0.717, 1.165) is 36.5 Å². The normalized spacial score (nSPS) is 10.8. The molecule has 4 rings (SSSR count). The molecule has 1 amide bonds. The van der Waals surface area contributed by atoms with Gasteiger partial charge < -0.3 is 15.0 Å². The summed E-state index contributed by atoms with van der Waals surface area (Å²) in [6.07, 6.45) is 0. The van der Waals surface area contributed by atoms with Crippen LogP contribution in [0.5, 0.6) is 5.75 Å². The van der Waals surface area contributed by atoms with Gasteiger partial charge in [0.1, 0.15) is 11.4 Å². The van der Waals surface area contributed by atoms with E-state index in [1.54, 1.807) is 18.9 Å². The molecule has 0 fully saturated rings. The molecular weight excluding hydrogens is 448 g/mol. The predicted octanol–water partition coefficient (Wildman–Crippen LogP) is 6.02. The third-order valence-corrected chi connectivity index (χ3v) is 6.46. The lowest BCUT2D eigenvalue weighted by Gasteiger charge is -2.08. The van der Waals surface area contributed by atoms with Crippen molar-refractivity contribution >= 4 is 44.5 Å². The highest BCUT2D eigenvalue weighted by Gasteiger charge is 2.19. The van der Waals surface area contributed by atoms with Gasteiger partial charge in [0.25, 0.3) is 5.91 Å². The topological polar surface area (TPSA) is 54.1 Å².